The monoisotopic (exact) mass is 632 g/mol. The van der Waals surface area contributed by atoms with Crippen LogP contribution in [0.3, 0.4) is 0 Å². The van der Waals surface area contributed by atoms with Gasteiger partial charge in [-0.15, -0.1) is 0 Å². The van der Waals surface area contributed by atoms with Crippen molar-refractivity contribution in [2.24, 2.45) is 0 Å². The van der Waals surface area contributed by atoms with E-state index >= 15 is 0 Å². The van der Waals surface area contributed by atoms with Crippen LogP contribution in [-0.2, 0) is 47.8 Å². The highest BCUT2D eigenvalue weighted by atomic mass is 19.1. The van der Waals surface area contributed by atoms with Gasteiger partial charge in [-0.25, -0.2) is 4.39 Å². The van der Waals surface area contributed by atoms with E-state index in [4.69, 9.17) is 29.9 Å². The van der Waals surface area contributed by atoms with Crippen LogP contribution < -0.4 is 15.4 Å². The van der Waals surface area contributed by atoms with Gasteiger partial charge in [-0.05, 0) is 55.1 Å². The first kappa shape index (κ1) is 29.6. The maximum atomic E-state index is 14.6. The highest BCUT2D eigenvalue weighted by molar-refractivity contribution is 5.92. The highest BCUT2D eigenvalue weighted by Gasteiger charge is 2.50. The molecule has 5 aliphatic rings. The Bertz CT molecular complexity index is 1680. The number of alkyl halides is 1. The number of carbonyl (C=O) groups is 1. The molecule has 0 saturated carbocycles. The average molecular weight is 633 g/mol. The normalized spacial score (nSPS) is 27.1. The van der Waals surface area contributed by atoms with Crippen molar-refractivity contribution in [1.82, 2.24) is 29.5 Å². The zero-order valence-electron chi connectivity index (χ0n) is 26.5. The van der Waals surface area contributed by atoms with Crippen LogP contribution in [0.1, 0.15) is 64.2 Å². The Balaban J connectivity index is 1.16. The molecule has 0 unspecified atom stereocenters. The molecule has 244 valence electrons. The van der Waals surface area contributed by atoms with Gasteiger partial charge >= 0.3 is 6.01 Å². The summed E-state index contributed by atoms with van der Waals surface area (Å²) < 4.78 is 35.7. The molecule has 1 aromatic carbocycles. The standard InChI is InChI=1S/C33H41FN8O4/c1-39(2)30(43)27-12-24-16-40(8-4-10-42(24)38-27)29-25-18-46-33(20-44-17-21-5-6-23(35)11-26(21)33)14-28(25)36-31(37-29)45-19-32-7-3-9-41(32)15-22(34)13-32/h5-6,11-12,22H,3-4,7-10,13-20,35H2,1-2H3/t22-,32+,33+/m1/s1. The number of ether oxygens (including phenoxy) is 3. The van der Waals surface area contributed by atoms with Gasteiger partial charge in [0.15, 0.2) is 5.69 Å². The molecule has 5 aliphatic heterocycles. The Morgan fingerprint density at radius 3 is 2.93 bits per heavy atom. The van der Waals surface area contributed by atoms with Crippen LogP contribution in [0, 0.1) is 0 Å². The predicted molar refractivity (Wildman–Crippen MR) is 167 cm³/mol. The number of nitrogens with two attached hydrogens (primary N) is 1. The molecule has 1 spiro atoms. The van der Waals surface area contributed by atoms with E-state index in [0.29, 0.717) is 76.3 Å². The van der Waals surface area contributed by atoms with Crippen molar-refractivity contribution in [3.05, 3.63) is 58.0 Å². The predicted octanol–water partition coefficient (Wildman–Crippen LogP) is 2.82. The molecule has 8 rings (SSSR count). The van der Waals surface area contributed by atoms with Gasteiger partial charge in [-0.1, -0.05) is 6.07 Å². The van der Waals surface area contributed by atoms with Gasteiger partial charge in [0.05, 0.1) is 43.3 Å². The van der Waals surface area contributed by atoms with Gasteiger partial charge in [-0.3, -0.25) is 14.4 Å². The maximum Gasteiger partial charge on any atom is 0.318 e. The van der Waals surface area contributed by atoms with Crippen LogP contribution in [0.4, 0.5) is 15.9 Å². The molecular formula is C33H41FN8O4. The number of hydrogen-bond donors (Lipinski definition) is 1. The fourth-order valence-electron chi connectivity index (χ4n) is 8.08. The Kier molecular flexibility index (Phi) is 7.18. The van der Waals surface area contributed by atoms with Gasteiger partial charge < -0.3 is 29.7 Å². The molecular weight excluding hydrogens is 591 g/mol. The molecule has 2 aromatic heterocycles. The molecule has 2 N–H and O–H groups in total. The van der Waals surface area contributed by atoms with Crippen molar-refractivity contribution >= 4 is 17.4 Å². The fourth-order valence-corrected chi connectivity index (χ4v) is 8.08. The van der Waals surface area contributed by atoms with Gasteiger partial charge in [0.25, 0.3) is 5.91 Å². The molecule has 3 atom stereocenters. The zero-order chi connectivity index (χ0) is 31.6. The van der Waals surface area contributed by atoms with E-state index < -0.39 is 11.8 Å². The number of nitrogens with zero attached hydrogens (tertiary/aromatic N) is 7. The van der Waals surface area contributed by atoms with E-state index in [2.05, 4.69) is 14.9 Å². The molecule has 3 aromatic rings. The number of aromatic nitrogens is 4. The summed E-state index contributed by atoms with van der Waals surface area (Å²) in [6.07, 6.45) is 2.87. The quantitative estimate of drug-likeness (QED) is 0.420. The first-order chi connectivity index (χ1) is 22.2. The minimum atomic E-state index is -0.842. The summed E-state index contributed by atoms with van der Waals surface area (Å²) in [5, 5.41) is 4.62. The number of carbonyl (C=O) groups excluding carboxylic acids is 1. The second kappa shape index (κ2) is 11.2. The Morgan fingerprint density at radius 2 is 2.07 bits per heavy atom. The summed E-state index contributed by atoms with van der Waals surface area (Å²) in [4.78, 5) is 28.7. The number of rotatable bonds is 5. The molecule has 46 heavy (non-hydrogen) atoms. The van der Waals surface area contributed by atoms with E-state index in [0.717, 1.165) is 66.2 Å². The highest BCUT2D eigenvalue weighted by Crippen LogP contribution is 2.44. The van der Waals surface area contributed by atoms with Crippen LogP contribution in [0.15, 0.2) is 24.3 Å². The summed E-state index contributed by atoms with van der Waals surface area (Å²) in [5.74, 6) is 0.629. The summed E-state index contributed by atoms with van der Waals surface area (Å²) in [6, 6.07) is 8.06. The first-order valence-electron chi connectivity index (χ1n) is 16.3. The van der Waals surface area contributed by atoms with Crippen LogP contribution in [0.25, 0.3) is 0 Å². The van der Waals surface area contributed by atoms with Crippen LogP contribution in [0.5, 0.6) is 6.01 Å². The van der Waals surface area contributed by atoms with Crippen LogP contribution in [-0.4, -0.2) is 94.1 Å². The lowest BCUT2D eigenvalue weighted by Crippen LogP contribution is -2.45. The molecule has 1 amide bonds. The van der Waals surface area contributed by atoms with Crippen molar-refractivity contribution in [3.8, 4) is 6.01 Å². The number of halogens is 1. The number of anilines is 2. The number of amides is 1. The molecule has 12 nitrogen and oxygen atoms in total. The zero-order valence-corrected chi connectivity index (χ0v) is 26.5. The van der Waals surface area contributed by atoms with Crippen molar-refractivity contribution in [1.29, 1.82) is 0 Å². The van der Waals surface area contributed by atoms with Gasteiger partial charge in [-0.2, -0.15) is 15.1 Å². The number of aryl methyl sites for hydroxylation is 1. The van der Waals surface area contributed by atoms with Crippen LogP contribution in [0.2, 0.25) is 0 Å². The third-order valence-electron chi connectivity index (χ3n) is 10.4. The summed E-state index contributed by atoms with van der Waals surface area (Å²) in [6.45, 7) is 4.84. The smallest absolute Gasteiger partial charge is 0.318 e. The lowest BCUT2D eigenvalue weighted by Gasteiger charge is -2.42. The molecule has 0 radical (unpaired) electrons. The van der Waals surface area contributed by atoms with Crippen LogP contribution >= 0.6 is 0 Å². The van der Waals surface area contributed by atoms with E-state index in [1.165, 1.54) is 0 Å². The number of hydrogen-bond acceptors (Lipinski definition) is 10. The minimum Gasteiger partial charge on any atom is -0.461 e. The van der Waals surface area contributed by atoms with E-state index in [1.54, 1.807) is 19.0 Å². The molecule has 7 heterocycles. The van der Waals surface area contributed by atoms with Crippen molar-refractivity contribution in [3.63, 3.8) is 0 Å². The number of fused-ring (bicyclic) bond motifs is 5. The largest absolute Gasteiger partial charge is 0.461 e. The molecule has 13 heteroatoms. The van der Waals surface area contributed by atoms with Crippen molar-refractivity contribution in [2.45, 2.75) is 75.7 Å². The minimum absolute atomic E-state index is 0.126. The number of nitrogen functional groups attached to an aromatic ring is 1. The van der Waals surface area contributed by atoms with Crippen molar-refractivity contribution < 1.29 is 23.4 Å². The van der Waals surface area contributed by atoms with E-state index in [1.807, 2.05) is 28.9 Å². The summed E-state index contributed by atoms with van der Waals surface area (Å²) in [7, 11) is 3.46. The Morgan fingerprint density at radius 1 is 1.17 bits per heavy atom. The SMILES string of the molecule is CN(C)C(=O)c1cc2n(n1)CCCN(c1nc(OC[C@@]34CCCN3C[C@H](F)C4)nc3c1CO[C@]1(COCc4ccc(N)cc41)C3)C2. The molecule has 0 aliphatic carbocycles. The average Bonchev–Trinajstić information content (AvgIpc) is 3.66. The number of benzene rings is 1. The van der Waals surface area contributed by atoms with Crippen molar-refractivity contribution in [2.75, 3.05) is 57.6 Å². The summed E-state index contributed by atoms with van der Waals surface area (Å²) >= 11 is 0. The first-order valence-corrected chi connectivity index (χ1v) is 16.3. The Labute approximate surface area is 267 Å². The van der Waals surface area contributed by atoms with E-state index in [9.17, 15) is 9.18 Å². The third kappa shape index (κ3) is 4.99. The fraction of sp³-hybridized carbons (Fsp3) is 0.576. The molecule has 2 fully saturated rings. The lowest BCUT2D eigenvalue weighted by atomic mass is 9.82. The second-order valence-corrected chi connectivity index (χ2v) is 13.7. The molecule has 0 bridgehead atoms. The van der Waals surface area contributed by atoms with Gasteiger partial charge in [0, 0.05) is 57.8 Å². The maximum absolute atomic E-state index is 14.6. The second-order valence-electron chi connectivity index (χ2n) is 13.7. The molecule has 2 saturated heterocycles. The lowest BCUT2D eigenvalue weighted by molar-refractivity contribution is -0.136. The third-order valence-corrected chi connectivity index (χ3v) is 10.4. The summed E-state index contributed by atoms with van der Waals surface area (Å²) in [5.41, 5.74) is 11.1. The topological polar surface area (TPSA) is 124 Å². The van der Waals surface area contributed by atoms with Gasteiger partial charge in [0.1, 0.15) is 24.2 Å². The Hall–Kier alpha value is -3.81. The van der Waals surface area contributed by atoms with E-state index in [-0.39, 0.29) is 11.4 Å². The van der Waals surface area contributed by atoms with Gasteiger partial charge in [0.2, 0.25) is 0 Å².